The van der Waals surface area contributed by atoms with Crippen LogP contribution in [0.2, 0.25) is 0 Å². The summed E-state index contributed by atoms with van der Waals surface area (Å²) in [4.78, 5) is 29.6. The molecule has 0 aromatic rings. The van der Waals surface area contributed by atoms with E-state index < -0.39 is 20.2 Å². The van der Waals surface area contributed by atoms with E-state index in [1.54, 1.807) is 0 Å². The molecule has 2 N–H and O–H groups in total. The van der Waals surface area contributed by atoms with Gasteiger partial charge in [0.15, 0.2) is 0 Å². The largest absolute Gasteiger partial charge is 0.469 e. The monoisotopic (exact) mass is 381 g/mol. The van der Waals surface area contributed by atoms with Crippen LogP contribution in [0.4, 0.5) is 0 Å². The van der Waals surface area contributed by atoms with E-state index >= 15 is 0 Å². The maximum absolute atomic E-state index is 11.1. The van der Waals surface area contributed by atoms with Gasteiger partial charge in [0.2, 0.25) is 0 Å². The predicted molar refractivity (Wildman–Crippen MR) is 92.7 cm³/mol. The van der Waals surface area contributed by atoms with Crippen LogP contribution in [0.15, 0.2) is 0 Å². The number of nitrogens with zero attached hydrogens (tertiary/aromatic N) is 3. The normalized spacial score (nSPS) is 13.7. The molecular weight excluding hydrogens is 349 g/mol. The maximum atomic E-state index is 11.1. The molecule has 0 rings (SSSR count). The van der Waals surface area contributed by atoms with Crippen LogP contribution in [0, 0.1) is 11.3 Å². The summed E-state index contributed by atoms with van der Waals surface area (Å²) in [6.45, 7) is 14.2. The fraction of sp³-hybridized carbons (Fsp3) is 0.933. The van der Waals surface area contributed by atoms with Gasteiger partial charge in [-0.25, -0.2) is 14.2 Å². The molecule has 0 aromatic heterocycles. The molecule has 0 saturated carbocycles. The van der Waals surface area contributed by atoms with E-state index in [4.69, 9.17) is 19.5 Å². The number of phosphoric acid groups is 1. The van der Waals surface area contributed by atoms with Crippen LogP contribution in [0.3, 0.4) is 0 Å². The Hall–Kier alpha value is -0.560. The minimum Gasteiger partial charge on any atom is -0.303 e. The molecule has 10 heteroatoms. The Morgan fingerprint density at radius 3 is 1.44 bits per heavy atom. The van der Waals surface area contributed by atoms with Gasteiger partial charge < -0.3 is 9.79 Å². The lowest BCUT2D eigenvalue weighted by molar-refractivity contribution is -0.413. The third-order valence-corrected chi connectivity index (χ3v) is 3.60. The standard InChI is InChI=1S/C15H32N3O6P/c1-11(2)17(12(3)4)23-15(9-16,10-22-25(19,20)21)24-18(13(5)6)14(7)8/h11-14H,10H2,1-8H3,(H2,19,20,21). The summed E-state index contributed by atoms with van der Waals surface area (Å²) in [6.07, 6.45) is 0. The highest BCUT2D eigenvalue weighted by atomic mass is 31.2. The van der Waals surface area contributed by atoms with Gasteiger partial charge in [-0.1, -0.05) is 0 Å². The van der Waals surface area contributed by atoms with Gasteiger partial charge in [0.1, 0.15) is 12.7 Å². The second-order valence-corrected chi connectivity index (χ2v) is 8.15. The van der Waals surface area contributed by atoms with E-state index in [-0.39, 0.29) is 24.2 Å². The van der Waals surface area contributed by atoms with E-state index in [2.05, 4.69) is 4.52 Å². The summed E-state index contributed by atoms with van der Waals surface area (Å²) in [5.74, 6) is -2.04. The van der Waals surface area contributed by atoms with Crippen LogP contribution in [-0.2, 0) is 18.8 Å². The highest BCUT2D eigenvalue weighted by Gasteiger charge is 2.43. The van der Waals surface area contributed by atoms with E-state index in [0.29, 0.717) is 0 Å². The van der Waals surface area contributed by atoms with Crippen molar-refractivity contribution in [3.63, 3.8) is 0 Å². The number of nitriles is 1. The molecule has 0 aliphatic carbocycles. The highest BCUT2D eigenvalue weighted by molar-refractivity contribution is 7.46. The second-order valence-electron chi connectivity index (χ2n) is 6.91. The summed E-state index contributed by atoms with van der Waals surface area (Å²) in [7, 11) is -4.81. The van der Waals surface area contributed by atoms with E-state index in [1.807, 2.05) is 61.5 Å². The molecule has 0 heterocycles. The first-order chi connectivity index (χ1) is 11.2. The molecular formula is C15H32N3O6P. The lowest BCUT2D eigenvalue weighted by Gasteiger charge is -2.40. The molecule has 0 radical (unpaired) electrons. The SMILES string of the molecule is CC(C)N(OC(C#N)(COP(=O)(O)O)ON(C(C)C)C(C)C)C(C)C. The molecule has 148 valence electrons. The number of hydrogen-bond acceptors (Lipinski definition) is 7. The molecule has 9 nitrogen and oxygen atoms in total. The van der Waals surface area contributed by atoms with Crippen molar-refractivity contribution in [2.75, 3.05) is 6.61 Å². The summed E-state index contributed by atoms with van der Waals surface area (Å²) >= 11 is 0. The van der Waals surface area contributed by atoms with E-state index in [1.165, 1.54) is 10.1 Å². The number of hydrogen-bond donors (Lipinski definition) is 2. The Kier molecular flexibility index (Phi) is 9.73. The van der Waals surface area contributed by atoms with Crippen LogP contribution in [-0.4, -0.2) is 56.5 Å². The van der Waals surface area contributed by atoms with Crippen LogP contribution in [0.1, 0.15) is 55.4 Å². The minimum absolute atomic E-state index is 0.0991. The smallest absolute Gasteiger partial charge is 0.303 e. The van der Waals surface area contributed by atoms with Gasteiger partial charge in [0, 0.05) is 24.2 Å². The van der Waals surface area contributed by atoms with Gasteiger partial charge in [0.25, 0.3) is 0 Å². The molecule has 0 amide bonds. The van der Waals surface area contributed by atoms with Gasteiger partial charge >= 0.3 is 13.6 Å². The second kappa shape index (κ2) is 9.95. The van der Waals surface area contributed by atoms with Crippen molar-refractivity contribution in [2.45, 2.75) is 85.3 Å². The third-order valence-electron chi connectivity index (χ3n) is 3.13. The first-order valence-electron chi connectivity index (χ1n) is 8.31. The van der Waals surface area contributed by atoms with Gasteiger partial charge in [-0.05, 0) is 55.4 Å². The summed E-state index contributed by atoms with van der Waals surface area (Å²) in [5.41, 5.74) is 0. The Morgan fingerprint density at radius 2 is 1.24 bits per heavy atom. The first-order valence-corrected chi connectivity index (χ1v) is 9.84. The molecule has 0 unspecified atom stereocenters. The molecule has 0 saturated heterocycles. The van der Waals surface area contributed by atoms with Crippen molar-refractivity contribution in [1.29, 1.82) is 5.26 Å². The zero-order valence-electron chi connectivity index (χ0n) is 16.3. The molecule has 0 spiro atoms. The van der Waals surface area contributed by atoms with Crippen molar-refractivity contribution in [2.24, 2.45) is 0 Å². The maximum Gasteiger partial charge on any atom is 0.469 e. The number of phosphoric ester groups is 1. The summed E-state index contributed by atoms with van der Waals surface area (Å²) < 4.78 is 15.7. The summed E-state index contributed by atoms with van der Waals surface area (Å²) in [5, 5.41) is 12.8. The predicted octanol–water partition coefficient (Wildman–Crippen LogP) is 2.42. The molecule has 0 atom stereocenters. The molecule has 0 bridgehead atoms. The zero-order chi connectivity index (χ0) is 20.0. The van der Waals surface area contributed by atoms with Crippen molar-refractivity contribution >= 4 is 7.82 Å². The van der Waals surface area contributed by atoms with Crippen LogP contribution < -0.4 is 0 Å². The third kappa shape index (κ3) is 8.58. The fourth-order valence-corrected chi connectivity index (χ4v) is 2.60. The Bertz CT molecular complexity index is 448. The van der Waals surface area contributed by atoms with Crippen LogP contribution in [0.25, 0.3) is 0 Å². The Balaban J connectivity index is 5.74. The highest BCUT2D eigenvalue weighted by Crippen LogP contribution is 2.38. The Labute approximate surface area is 150 Å². The average molecular weight is 381 g/mol. The van der Waals surface area contributed by atoms with Crippen molar-refractivity contribution < 1.29 is 28.6 Å². The van der Waals surface area contributed by atoms with Crippen LogP contribution >= 0.6 is 7.82 Å². The van der Waals surface area contributed by atoms with Gasteiger partial charge in [-0.2, -0.15) is 15.4 Å². The molecule has 0 fully saturated rings. The topological polar surface area (TPSA) is 115 Å². The zero-order valence-corrected chi connectivity index (χ0v) is 17.2. The van der Waals surface area contributed by atoms with Crippen molar-refractivity contribution in [1.82, 2.24) is 10.1 Å². The van der Waals surface area contributed by atoms with E-state index in [9.17, 15) is 9.83 Å². The lowest BCUT2D eigenvalue weighted by atomic mass is 10.3. The van der Waals surface area contributed by atoms with Gasteiger partial charge in [-0.15, -0.1) is 0 Å². The molecule has 0 aliphatic heterocycles. The van der Waals surface area contributed by atoms with Gasteiger partial charge in [0.05, 0.1) is 0 Å². The van der Waals surface area contributed by atoms with Gasteiger partial charge in [-0.3, -0.25) is 4.52 Å². The van der Waals surface area contributed by atoms with Crippen LogP contribution in [0.5, 0.6) is 0 Å². The lowest BCUT2D eigenvalue weighted by Crippen LogP contribution is -2.54. The molecule has 25 heavy (non-hydrogen) atoms. The molecule has 0 aliphatic rings. The average Bonchev–Trinajstić information content (AvgIpc) is 2.44. The number of hydroxylamine groups is 4. The van der Waals surface area contributed by atoms with Crippen molar-refractivity contribution in [3.8, 4) is 6.07 Å². The number of rotatable bonds is 11. The fourth-order valence-electron chi connectivity index (χ4n) is 2.27. The quantitative estimate of drug-likeness (QED) is 0.316. The first kappa shape index (κ1) is 24.4. The Morgan fingerprint density at radius 1 is 0.920 bits per heavy atom. The molecule has 0 aromatic carbocycles. The minimum atomic E-state index is -4.81. The summed E-state index contributed by atoms with van der Waals surface area (Å²) in [6, 6.07) is 1.48. The van der Waals surface area contributed by atoms with Crippen molar-refractivity contribution in [3.05, 3.63) is 0 Å². The van der Waals surface area contributed by atoms with E-state index in [0.717, 1.165) is 0 Å².